The summed E-state index contributed by atoms with van der Waals surface area (Å²) in [5.41, 5.74) is 2.03. The zero-order chi connectivity index (χ0) is 21.9. The molecule has 160 valence electrons. The highest BCUT2D eigenvalue weighted by Crippen LogP contribution is 2.26. The van der Waals surface area contributed by atoms with Gasteiger partial charge in [0.25, 0.3) is 5.91 Å². The Morgan fingerprint density at radius 2 is 2.10 bits per heavy atom. The molecule has 3 rings (SSSR count). The van der Waals surface area contributed by atoms with E-state index in [-0.39, 0.29) is 12.4 Å². The van der Waals surface area contributed by atoms with E-state index in [4.69, 9.17) is 4.18 Å². The van der Waals surface area contributed by atoms with Crippen molar-refractivity contribution in [3.05, 3.63) is 53.6 Å². The predicted octanol–water partition coefficient (Wildman–Crippen LogP) is 3.00. The van der Waals surface area contributed by atoms with Gasteiger partial charge in [-0.2, -0.15) is 13.5 Å². The summed E-state index contributed by atoms with van der Waals surface area (Å²) in [7, 11) is -2.41. The van der Waals surface area contributed by atoms with Crippen LogP contribution in [0.4, 0.5) is 4.39 Å². The molecule has 0 atom stereocenters. The monoisotopic (exact) mass is 434 g/mol. The highest BCUT2D eigenvalue weighted by molar-refractivity contribution is 7.85. The SMILES string of the molecule is CCCCOS(=O)(=O)NC(=O)C=Cc1c(C)nn(C)c1-n1ccc2cc(F)ccc21. The summed E-state index contributed by atoms with van der Waals surface area (Å²) in [6.45, 7) is 3.68. The summed E-state index contributed by atoms with van der Waals surface area (Å²) >= 11 is 0. The topological polar surface area (TPSA) is 95.2 Å². The minimum atomic E-state index is -4.16. The number of hydrogen-bond donors (Lipinski definition) is 1. The van der Waals surface area contributed by atoms with Crippen LogP contribution in [0.25, 0.3) is 22.8 Å². The van der Waals surface area contributed by atoms with Crippen molar-refractivity contribution in [1.29, 1.82) is 0 Å². The van der Waals surface area contributed by atoms with Crippen LogP contribution in [0.3, 0.4) is 0 Å². The molecule has 3 aromatic rings. The lowest BCUT2D eigenvalue weighted by Crippen LogP contribution is -2.30. The standard InChI is InChI=1S/C20H23FN4O4S/c1-4-5-12-29-30(27,28)23-19(26)9-7-17-14(2)22-24(3)20(17)25-11-10-15-13-16(21)6-8-18(15)25/h6-11,13H,4-5,12H2,1-3H3,(H,23,26). The highest BCUT2D eigenvalue weighted by Gasteiger charge is 2.17. The fourth-order valence-electron chi connectivity index (χ4n) is 3.10. The molecule has 0 unspecified atom stereocenters. The first-order valence-electron chi connectivity index (χ1n) is 9.41. The van der Waals surface area contributed by atoms with Gasteiger partial charge in [0.05, 0.1) is 17.8 Å². The predicted molar refractivity (Wildman–Crippen MR) is 112 cm³/mol. The molecular formula is C20H23FN4O4S. The van der Waals surface area contributed by atoms with E-state index in [1.54, 1.807) is 37.0 Å². The van der Waals surface area contributed by atoms with E-state index < -0.39 is 16.2 Å². The van der Waals surface area contributed by atoms with E-state index in [0.717, 1.165) is 23.4 Å². The number of fused-ring (bicyclic) bond motifs is 1. The van der Waals surface area contributed by atoms with Crippen molar-refractivity contribution >= 4 is 33.2 Å². The molecule has 0 bridgehead atoms. The van der Waals surface area contributed by atoms with Crippen LogP contribution in [-0.2, 0) is 26.3 Å². The van der Waals surface area contributed by atoms with Crippen molar-refractivity contribution in [2.45, 2.75) is 26.7 Å². The van der Waals surface area contributed by atoms with E-state index >= 15 is 0 Å². The Morgan fingerprint density at radius 3 is 2.83 bits per heavy atom. The molecular weight excluding hydrogens is 411 g/mol. The van der Waals surface area contributed by atoms with Crippen LogP contribution in [0.1, 0.15) is 31.0 Å². The summed E-state index contributed by atoms with van der Waals surface area (Å²) in [6.07, 6.45) is 5.72. The Kier molecular flexibility index (Phi) is 6.37. The average molecular weight is 434 g/mol. The van der Waals surface area contributed by atoms with Crippen LogP contribution in [-0.4, -0.2) is 35.3 Å². The number of carbonyl (C=O) groups excluding carboxylic acids is 1. The number of halogens is 1. The van der Waals surface area contributed by atoms with Gasteiger partial charge in [0.15, 0.2) is 0 Å². The first-order chi connectivity index (χ1) is 14.2. The molecule has 1 amide bonds. The van der Waals surface area contributed by atoms with Gasteiger partial charge in [0.1, 0.15) is 11.6 Å². The Morgan fingerprint density at radius 1 is 1.33 bits per heavy atom. The lowest BCUT2D eigenvalue weighted by molar-refractivity contribution is -0.114. The number of aryl methyl sites for hydroxylation is 2. The second kappa shape index (κ2) is 8.80. The maximum absolute atomic E-state index is 13.5. The number of nitrogens with zero attached hydrogens (tertiary/aromatic N) is 3. The van der Waals surface area contributed by atoms with Gasteiger partial charge in [-0.3, -0.25) is 13.7 Å². The highest BCUT2D eigenvalue weighted by atomic mass is 32.2. The summed E-state index contributed by atoms with van der Waals surface area (Å²) in [4.78, 5) is 12.1. The molecule has 30 heavy (non-hydrogen) atoms. The van der Waals surface area contributed by atoms with E-state index in [1.807, 2.05) is 16.2 Å². The van der Waals surface area contributed by atoms with Crippen LogP contribution in [0, 0.1) is 12.7 Å². The van der Waals surface area contributed by atoms with Crippen LogP contribution < -0.4 is 4.72 Å². The van der Waals surface area contributed by atoms with Gasteiger partial charge in [-0.1, -0.05) is 13.3 Å². The molecule has 2 aromatic heterocycles. The van der Waals surface area contributed by atoms with Crippen LogP contribution in [0.2, 0.25) is 0 Å². The summed E-state index contributed by atoms with van der Waals surface area (Å²) in [6, 6.07) is 6.24. The average Bonchev–Trinajstić information content (AvgIpc) is 3.18. The fraction of sp³-hybridized carbons (Fsp3) is 0.300. The minimum absolute atomic E-state index is 0.00991. The van der Waals surface area contributed by atoms with E-state index in [0.29, 0.717) is 23.5 Å². The summed E-state index contributed by atoms with van der Waals surface area (Å²) in [5, 5.41) is 5.11. The molecule has 1 aromatic carbocycles. The van der Waals surface area contributed by atoms with Gasteiger partial charge in [0, 0.05) is 30.3 Å². The second-order valence-electron chi connectivity index (χ2n) is 6.76. The maximum Gasteiger partial charge on any atom is 0.362 e. The third kappa shape index (κ3) is 4.77. The molecule has 0 fully saturated rings. The molecule has 0 aliphatic rings. The summed E-state index contributed by atoms with van der Waals surface area (Å²) in [5.74, 6) is -0.513. The van der Waals surface area contributed by atoms with E-state index in [1.165, 1.54) is 18.2 Å². The molecule has 2 heterocycles. The largest absolute Gasteiger partial charge is 0.362 e. The Hall–Kier alpha value is -2.98. The lowest BCUT2D eigenvalue weighted by Gasteiger charge is -2.08. The van der Waals surface area contributed by atoms with Crippen molar-refractivity contribution in [2.75, 3.05) is 6.61 Å². The third-order valence-electron chi connectivity index (χ3n) is 4.48. The molecule has 10 heteroatoms. The van der Waals surface area contributed by atoms with Crippen molar-refractivity contribution in [1.82, 2.24) is 19.1 Å². The van der Waals surface area contributed by atoms with Gasteiger partial charge in [0.2, 0.25) is 0 Å². The quantitative estimate of drug-likeness (QED) is 0.434. The zero-order valence-electron chi connectivity index (χ0n) is 16.9. The van der Waals surface area contributed by atoms with Crippen LogP contribution >= 0.6 is 0 Å². The van der Waals surface area contributed by atoms with E-state index in [9.17, 15) is 17.6 Å². The van der Waals surface area contributed by atoms with Crippen molar-refractivity contribution in [3.8, 4) is 5.82 Å². The van der Waals surface area contributed by atoms with Crippen molar-refractivity contribution < 1.29 is 21.8 Å². The fourth-order valence-corrected chi connectivity index (χ4v) is 3.81. The molecule has 0 spiro atoms. The number of hydrogen-bond acceptors (Lipinski definition) is 5. The van der Waals surface area contributed by atoms with Gasteiger partial charge >= 0.3 is 10.3 Å². The number of aromatic nitrogens is 3. The van der Waals surface area contributed by atoms with Crippen molar-refractivity contribution in [2.24, 2.45) is 7.05 Å². The Bertz CT molecular complexity index is 1210. The molecule has 8 nitrogen and oxygen atoms in total. The van der Waals surface area contributed by atoms with Crippen LogP contribution in [0.15, 0.2) is 36.5 Å². The van der Waals surface area contributed by atoms with Gasteiger partial charge in [-0.15, -0.1) is 0 Å². The Balaban J connectivity index is 1.88. The van der Waals surface area contributed by atoms with Crippen molar-refractivity contribution in [3.63, 3.8) is 0 Å². The normalized spacial score (nSPS) is 12.1. The molecule has 0 aliphatic heterocycles. The lowest BCUT2D eigenvalue weighted by atomic mass is 10.2. The van der Waals surface area contributed by atoms with Gasteiger partial charge in [-0.05, 0) is 43.7 Å². The molecule has 0 saturated carbocycles. The number of rotatable bonds is 8. The number of unbranched alkanes of at least 4 members (excludes halogenated alkanes) is 1. The number of amides is 1. The third-order valence-corrected chi connectivity index (χ3v) is 5.41. The van der Waals surface area contributed by atoms with E-state index in [2.05, 4.69) is 5.10 Å². The number of nitrogens with one attached hydrogen (secondary N) is 1. The summed E-state index contributed by atoms with van der Waals surface area (Å²) < 4.78 is 47.1. The molecule has 1 N–H and O–H groups in total. The zero-order valence-corrected chi connectivity index (χ0v) is 17.7. The first kappa shape index (κ1) is 21.7. The molecule has 0 aliphatic carbocycles. The second-order valence-corrected chi connectivity index (χ2v) is 8.11. The minimum Gasteiger partial charge on any atom is -0.301 e. The first-order valence-corrected chi connectivity index (χ1v) is 10.8. The van der Waals surface area contributed by atoms with Gasteiger partial charge in [-0.25, -0.2) is 9.11 Å². The number of carbonyl (C=O) groups is 1. The maximum atomic E-state index is 13.5. The molecule has 0 radical (unpaired) electrons. The van der Waals surface area contributed by atoms with Gasteiger partial charge < -0.3 is 4.57 Å². The molecule has 0 saturated heterocycles. The Labute approximate surface area is 174 Å². The smallest absolute Gasteiger partial charge is 0.301 e. The van der Waals surface area contributed by atoms with Crippen LogP contribution in [0.5, 0.6) is 0 Å². The number of benzene rings is 1.